The van der Waals surface area contributed by atoms with Gasteiger partial charge in [-0.3, -0.25) is 0 Å². The zero-order valence-electron chi connectivity index (χ0n) is 7.54. The van der Waals surface area contributed by atoms with Crippen molar-refractivity contribution in [2.24, 2.45) is 5.73 Å². The van der Waals surface area contributed by atoms with E-state index in [4.69, 9.17) is 10.5 Å². The molecular formula is C8H10NO4P-2. The van der Waals surface area contributed by atoms with Crippen LogP contribution in [0.5, 0.6) is 5.75 Å². The highest BCUT2D eigenvalue weighted by molar-refractivity contribution is 7.49. The van der Waals surface area contributed by atoms with Crippen LogP contribution in [-0.4, -0.2) is 7.11 Å². The third kappa shape index (κ3) is 2.56. The Morgan fingerprint density at radius 2 is 1.86 bits per heavy atom. The first kappa shape index (κ1) is 11.2. The Labute approximate surface area is 81.7 Å². The summed E-state index contributed by atoms with van der Waals surface area (Å²) in [4.78, 5) is 21.2. The lowest BCUT2D eigenvalue weighted by atomic mass is 10.2. The molecule has 0 aliphatic carbocycles. The van der Waals surface area contributed by atoms with Crippen molar-refractivity contribution in [3.8, 4) is 5.75 Å². The van der Waals surface area contributed by atoms with Crippen molar-refractivity contribution < 1.29 is 19.1 Å². The van der Waals surface area contributed by atoms with Crippen LogP contribution in [0.15, 0.2) is 24.3 Å². The molecule has 0 aliphatic rings. The lowest BCUT2D eigenvalue weighted by Crippen LogP contribution is -2.25. The molecule has 0 heterocycles. The molecule has 0 saturated carbocycles. The molecule has 14 heavy (non-hydrogen) atoms. The van der Waals surface area contributed by atoms with Crippen LogP contribution in [0.4, 0.5) is 0 Å². The van der Waals surface area contributed by atoms with Crippen molar-refractivity contribution in [3.63, 3.8) is 0 Å². The lowest BCUT2D eigenvalue weighted by molar-refractivity contribution is -0.316. The Morgan fingerprint density at radius 1 is 1.36 bits per heavy atom. The Bertz CT molecular complexity index is 345. The molecule has 1 atom stereocenters. The molecular weight excluding hydrogens is 205 g/mol. The molecule has 0 amide bonds. The second-order valence-electron chi connectivity index (χ2n) is 2.76. The minimum Gasteiger partial charge on any atom is -0.809 e. The summed E-state index contributed by atoms with van der Waals surface area (Å²) in [7, 11) is -3.28. The van der Waals surface area contributed by atoms with Crippen LogP contribution >= 0.6 is 7.60 Å². The SMILES string of the molecule is COc1ccc(C(N)P(=O)([O-])[O-])cc1. The molecule has 5 nitrogen and oxygen atoms in total. The molecule has 0 bridgehead atoms. The molecule has 1 aromatic rings. The van der Waals surface area contributed by atoms with Crippen molar-refractivity contribution in [2.45, 2.75) is 5.78 Å². The van der Waals surface area contributed by atoms with Crippen molar-refractivity contribution in [2.75, 3.05) is 7.11 Å². The van der Waals surface area contributed by atoms with E-state index in [1.807, 2.05) is 0 Å². The van der Waals surface area contributed by atoms with Crippen LogP contribution in [0.2, 0.25) is 0 Å². The molecule has 0 spiro atoms. The number of nitrogens with two attached hydrogens (primary N) is 1. The third-order valence-corrected chi connectivity index (χ3v) is 2.78. The van der Waals surface area contributed by atoms with Gasteiger partial charge in [-0.15, -0.1) is 0 Å². The van der Waals surface area contributed by atoms with Crippen LogP contribution in [0.25, 0.3) is 0 Å². The van der Waals surface area contributed by atoms with Gasteiger partial charge in [-0.25, -0.2) is 0 Å². The molecule has 0 aromatic heterocycles. The topological polar surface area (TPSA) is 98.4 Å². The van der Waals surface area contributed by atoms with E-state index >= 15 is 0 Å². The van der Waals surface area contributed by atoms with Crippen LogP contribution in [-0.2, 0) is 4.57 Å². The number of hydrogen-bond donors (Lipinski definition) is 1. The van der Waals surface area contributed by atoms with Gasteiger partial charge in [0.1, 0.15) is 5.75 Å². The smallest absolute Gasteiger partial charge is 0.118 e. The maximum Gasteiger partial charge on any atom is 0.118 e. The number of rotatable bonds is 3. The predicted octanol–water partition coefficient (Wildman–Crippen LogP) is -0.434. The number of hydrogen-bond acceptors (Lipinski definition) is 5. The molecule has 6 heteroatoms. The van der Waals surface area contributed by atoms with Gasteiger partial charge in [0.05, 0.1) is 12.9 Å². The summed E-state index contributed by atoms with van der Waals surface area (Å²) < 4.78 is 15.5. The average molecular weight is 215 g/mol. The first-order chi connectivity index (χ1) is 6.45. The van der Waals surface area contributed by atoms with Crippen molar-refractivity contribution >= 4 is 7.60 Å². The fourth-order valence-corrected chi connectivity index (χ4v) is 1.52. The Kier molecular flexibility index (Phi) is 3.29. The van der Waals surface area contributed by atoms with E-state index in [1.54, 1.807) is 12.1 Å². The summed E-state index contributed by atoms with van der Waals surface area (Å²) in [6, 6.07) is 5.99. The number of ether oxygens (including phenoxy) is 1. The van der Waals surface area contributed by atoms with Gasteiger partial charge < -0.3 is 24.8 Å². The standard InChI is InChI=1S/C8H12NO4P/c1-13-7-4-2-6(3-5-7)8(9)14(10,11)12/h2-5,8H,9H2,1H3,(H2,10,11,12)/p-2. The van der Waals surface area contributed by atoms with Gasteiger partial charge in [0.2, 0.25) is 0 Å². The van der Waals surface area contributed by atoms with Gasteiger partial charge in [0.25, 0.3) is 0 Å². The summed E-state index contributed by atoms with van der Waals surface area (Å²) in [6.07, 6.45) is 0. The largest absolute Gasteiger partial charge is 0.809 e. The first-order valence-corrected chi connectivity index (χ1v) is 5.47. The van der Waals surface area contributed by atoms with Crippen molar-refractivity contribution in [1.82, 2.24) is 0 Å². The Balaban J connectivity index is 2.92. The minimum atomic E-state index is -4.77. The highest BCUT2D eigenvalue weighted by Crippen LogP contribution is 2.39. The summed E-state index contributed by atoms with van der Waals surface area (Å²) in [6.45, 7) is 0. The van der Waals surface area contributed by atoms with E-state index in [0.29, 0.717) is 5.75 Å². The highest BCUT2D eigenvalue weighted by Gasteiger charge is 2.09. The third-order valence-electron chi connectivity index (χ3n) is 1.80. The Morgan fingerprint density at radius 3 is 2.21 bits per heavy atom. The molecule has 1 rings (SSSR count). The predicted molar refractivity (Wildman–Crippen MR) is 47.5 cm³/mol. The fourth-order valence-electron chi connectivity index (χ4n) is 0.984. The maximum absolute atomic E-state index is 10.6. The molecule has 0 aliphatic heterocycles. The van der Waals surface area contributed by atoms with E-state index in [9.17, 15) is 14.4 Å². The molecule has 1 aromatic carbocycles. The number of benzene rings is 1. The van der Waals surface area contributed by atoms with Crippen LogP contribution < -0.4 is 20.3 Å². The molecule has 0 radical (unpaired) electrons. The van der Waals surface area contributed by atoms with Gasteiger partial charge in [-0.2, -0.15) is 0 Å². The summed E-state index contributed by atoms with van der Waals surface area (Å²) in [5.74, 6) is -0.916. The second kappa shape index (κ2) is 4.11. The van der Waals surface area contributed by atoms with E-state index in [-0.39, 0.29) is 5.56 Å². The van der Waals surface area contributed by atoms with Crippen molar-refractivity contribution in [3.05, 3.63) is 29.8 Å². The zero-order chi connectivity index (χ0) is 10.8. The van der Waals surface area contributed by atoms with Crippen LogP contribution in [0, 0.1) is 0 Å². The van der Waals surface area contributed by atoms with E-state index in [0.717, 1.165) is 0 Å². The summed E-state index contributed by atoms with van der Waals surface area (Å²) >= 11 is 0. The number of methoxy groups -OCH3 is 1. The maximum atomic E-state index is 10.6. The van der Waals surface area contributed by atoms with Crippen LogP contribution in [0.1, 0.15) is 11.3 Å². The molecule has 2 N–H and O–H groups in total. The summed E-state index contributed by atoms with van der Waals surface area (Å²) in [5, 5.41) is 0. The molecule has 1 unspecified atom stereocenters. The monoisotopic (exact) mass is 215 g/mol. The van der Waals surface area contributed by atoms with Gasteiger partial charge in [-0.1, -0.05) is 12.1 Å². The molecule has 0 fully saturated rings. The van der Waals surface area contributed by atoms with Gasteiger partial charge in [0, 0.05) is 0 Å². The average Bonchev–Trinajstić information content (AvgIpc) is 2.15. The van der Waals surface area contributed by atoms with Gasteiger partial charge in [-0.05, 0) is 25.3 Å². The minimum absolute atomic E-state index is 0.263. The second-order valence-corrected chi connectivity index (χ2v) is 4.39. The normalized spacial score (nSPS) is 13.7. The van der Waals surface area contributed by atoms with Gasteiger partial charge >= 0.3 is 0 Å². The summed E-state index contributed by atoms with van der Waals surface area (Å²) in [5.41, 5.74) is 5.50. The first-order valence-electron chi connectivity index (χ1n) is 3.86. The van der Waals surface area contributed by atoms with Crippen LogP contribution in [0.3, 0.4) is 0 Å². The quantitative estimate of drug-likeness (QED) is 0.689. The van der Waals surface area contributed by atoms with E-state index in [2.05, 4.69) is 0 Å². The lowest BCUT2D eigenvalue weighted by Gasteiger charge is -2.35. The zero-order valence-corrected chi connectivity index (χ0v) is 8.44. The van der Waals surface area contributed by atoms with E-state index < -0.39 is 13.4 Å². The Hall–Kier alpha value is -0.870. The van der Waals surface area contributed by atoms with Gasteiger partial charge in [0.15, 0.2) is 0 Å². The molecule has 0 saturated heterocycles. The van der Waals surface area contributed by atoms with E-state index in [1.165, 1.54) is 19.2 Å². The fraction of sp³-hybridized carbons (Fsp3) is 0.250. The van der Waals surface area contributed by atoms with Crippen molar-refractivity contribution in [1.29, 1.82) is 0 Å². The molecule has 78 valence electrons. The highest BCUT2D eigenvalue weighted by atomic mass is 31.2.